The number of nitrogens with one attached hydrogen (secondary N) is 2. The molecule has 7 nitrogen and oxygen atoms in total. The van der Waals surface area contributed by atoms with Crippen LogP contribution in [0.4, 0.5) is 5.69 Å². The Morgan fingerprint density at radius 2 is 2.10 bits per heavy atom. The maximum Gasteiger partial charge on any atom is 0.323 e. The first-order chi connectivity index (χ1) is 14.0. The van der Waals surface area contributed by atoms with E-state index >= 15 is 0 Å². The molecular weight excluding hydrogens is 388 g/mol. The first-order valence-corrected chi connectivity index (χ1v) is 11.4. The number of nitrogens with zero attached hydrogens (tertiary/aromatic N) is 2. The number of hydrogen-bond acceptors (Lipinski definition) is 6. The predicted octanol–water partition coefficient (Wildman–Crippen LogP) is 1.70. The minimum Gasteiger partial charge on any atom is -0.480 e. The molecule has 3 rings (SSSR count). The standard InChI is InChI=1S/C21H32N4O3S/c1-3-25-19(26)17(29-20(25)18(22-2)21(27)28)14-23-16-8-6-7-15(13-16)9-12-24-10-4-5-11-24/h6-8,13,17-18,20,22-23H,3-5,9-12,14H2,1-2H3,(H,27,28)/t17-,18+,20?/m1/s1. The van der Waals surface area contributed by atoms with Crippen LogP contribution in [-0.4, -0.2) is 83.2 Å². The Labute approximate surface area is 177 Å². The number of likely N-dealkylation sites (N-methyl/N-ethyl adjacent to an activating group) is 2. The molecule has 1 unspecified atom stereocenters. The highest BCUT2D eigenvalue weighted by molar-refractivity contribution is 8.01. The second-order valence-electron chi connectivity index (χ2n) is 7.62. The van der Waals surface area contributed by atoms with Crippen molar-refractivity contribution in [1.82, 2.24) is 15.1 Å². The molecule has 0 radical (unpaired) electrons. The Hall–Kier alpha value is -1.77. The van der Waals surface area contributed by atoms with Crippen molar-refractivity contribution in [3.63, 3.8) is 0 Å². The van der Waals surface area contributed by atoms with E-state index in [0.717, 1.165) is 18.7 Å². The smallest absolute Gasteiger partial charge is 0.323 e. The van der Waals surface area contributed by atoms with Gasteiger partial charge in [0.15, 0.2) is 0 Å². The summed E-state index contributed by atoms with van der Waals surface area (Å²) >= 11 is 1.43. The molecule has 160 valence electrons. The van der Waals surface area contributed by atoms with Gasteiger partial charge in [0.05, 0.1) is 0 Å². The summed E-state index contributed by atoms with van der Waals surface area (Å²) in [7, 11) is 1.62. The van der Waals surface area contributed by atoms with Gasteiger partial charge in [0, 0.05) is 25.3 Å². The summed E-state index contributed by atoms with van der Waals surface area (Å²) in [6.07, 6.45) is 3.64. The maximum atomic E-state index is 12.8. The van der Waals surface area contributed by atoms with Gasteiger partial charge >= 0.3 is 5.97 Å². The van der Waals surface area contributed by atoms with E-state index < -0.39 is 17.4 Å². The van der Waals surface area contributed by atoms with E-state index in [0.29, 0.717) is 13.1 Å². The molecule has 2 aliphatic rings. The second-order valence-corrected chi connectivity index (χ2v) is 8.95. The number of carboxylic acids is 1. The minimum atomic E-state index is -0.935. The highest BCUT2D eigenvalue weighted by Crippen LogP contribution is 2.34. The number of thioether (sulfide) groups is 1. The van der Waals surface area contributed by atoms with Gasteiger partial charge in [-0.05, 0) is 64.0 Å². The van der Waals surface area contributed by atoms with Gasteiger partial charge in [-0.25, -0.2) is 0 Å². The Kier molecular flexibility index (Phi) is 7.80. The topological polar surface area (TPSA) is 84.9 Å². The minimum absolute atomic E-state index is 0.00156. The molecule has 2 fully saturated rings. The van der Waals surface area contributed by atoms with E-state index in [1.165, 1.54) is 43.3 Å². The van der Waals surface area contributed by atoms with Crippen molar-refractivity contribution >= 4 is 29.3 Å². The second kappa shape index (κ2) is 10.3. The number of carbonyl (C=O) groups is 2. The normalized spacial score (nSPS) is 23.5. The molecule has 0 bridgehead atoms. The molecule has 2 heterocycles. The fraction of sp³-hybridized carbons (Fsp3) is 0.619. The number of benzene rings is 1. The van der Waals surface area contributed by atoms with Crippen molar-refractivity contribution in [1.29, 1.82) is 0 Å². The zero-order valence-corrected chi connectivity index (χ0v) is 18.1. The maximum absolute atomic E-state index is 12.8. The Bertz CT molecular complexity index is 711. The Balaban J connectivity index is 1.57. The number of carboxylic acid groups (broad SMARTS) is 1. The number of hydrogen-bond donors (Lipinski definition) is 3. The van der Waals surface area contributed by atoms with Crippen LogP contribution < -0.4 is 10.6 Å². The van der Waals surface area contributed by atoms with Crippen LogP contribution in [-0.2, 0) is 16.0 Å². The average molecular weight is 421 g/mol. The average Bonchev–Trinajstić information content (AvgIpc) is 3.33. The number of likely N-dealkylation sites (tertiary alicyclic amines) is 1. The zero-order chi connectivity index (χ0) is 20.8. The molecule has 2 aliphatic heterocycles. The van der Waals surface area contributed by atoms with Crippen LogP contribution in [0.3, 0.4) is 0 Å². The summed E-state index contributed by atoms with van der Waals surface area (Å²) in [4.78, 5) is 28.5. The van der Waals surface area contributed by atoms with Gasteiger partial charge in [0.1, 0.15) is 16.7 Å². The number of rotatable bonds is 10. The van der Waals surface area contributed by atoms with Crippen molar-refractivity contribution in [2.75, 3.05) is 45.1 Å². The lowest BCUT2D eigenvalue weighted by molar-refractivity contribution is -0.141. The zero-order valence-electron chi connectivity index (χ0n) is 17.3. The van der Waals surface area contributed by atoms with E-state index in [9.17, 15) is 14.7 Å². The summed E-state index contributed by atoms with van der Waals surface area (Å²) in [5, 5.41) is 15.0. The first kappa shape index (κ1) is 21.9. The van der Waals surface area contributed by atoms with Crippen LogP contribution in [0, 0.1) is 0 Å². The third-order valence-corrected chi connectivity index (χ3v) is 7.21. The molecule has 3 atom stereocenters. The van der Waals surface area contributed by atoms with Crippen LogP contribution in [0.25, 0.3) is 0 Å². The molecule has 29 heavy (non-hydrogen) atoms. The fourth-order valence-corrected chi connectivity index (χ4v) is 5.65. The molecule has 2 saturated heterocycles. The van der Waals surface area contributed by atoms with Crippen molar-refractivity contribution in [3.8, 4) is 0 Å². The number of anilines is 1. The van der Waals surface area contributed by atoms with E-state index in [1.54, 1.807) is 11.9 Å². The fourth-order valence-electron chi connectivity index (χ4n) is 4.07. The number of amides is 1. The summed E-state index contributed by atoms with van der Waals surface area (Å²) in [5.41, 5.74) is 2.30. The van der Waals surface area contributed by atoms with Crippen molar-refractivity contribution < 1.29 is 14.7 Å². The lowest BCUT2D eigenvalue weighted by Gasteiger charge is -2.26. The van der Waals surface area contributed by atoms with E-state index in [1.807, 2.05) is 19.1 Å². The van der Waals surface area contributed by atoms with Crippen LogP contribution >= 0.6 is 11.8 Å². The largest absolute Gasteiger partial charge is 0.480 e. The Morgan fingerprint density at radius 3 is 2.76 bits per heavy atom. The SMILES string of the molecule is CCN1C(=O)[C@@H](CNc2cccc(CCN3CCCC3)c2)SC1[C@H](NC)C(=O)O. The van der Waals surface area contributed by atoms with E-state index in [4.69, 9.17) is 0 Å². The van der Waals surface area contributed by atoms with Crippen molar-refractivity contribution in [2.24, 2.45) is 0 Å². The monoisotopic (exact) mass is 420 g/mol. The summed E-state index contributed by atoms with van der Waals surface area (Å²) in [5.74, 6) is -0.933. The molecule has 3 N–H and O–H groups in total. The number of aliphatic carboxylic acids is 1. The van der Waals surface area contributed by atoms with Gasteiger partial charge in [-0.3, -0.25) is 9.59 Å². The molecule has 1 aromatic rings. The van der Waals surface area contributed by atoms with Crippen molar-refractivity contribution in [2.45, 2.75) is 42.9 Å². The third-order valence-electron chi connectivity index (χ3n) is 5.71. The van der Waals surface area contributed by atoms with Crippen LogP contribution in [0.15, 0.2) is 24.3 Å². The predicted molar refractivity (Wildman–Crippen MR) is 117 cm³/mol. The molecule has 1 aromatic carbocycles. The highest BCUT2D eigenvalue weighted by atomic mass is 32.2. The summed E-state index contributed by atoms with van der Waals surface area (Å²) < 4.78 is 0. The van der Waals surface area contributed by atoms with E-state index in [2.05, 4.69) is 27.7 Å². The van der Waals surface area contributed by atoms with Crippen LogP contribution in [0.2, 0.25) is 0 Å². The van der Waals surface area contributed by atoms with Gasteiger partial charge in [-0.15, -0.1) is 11.8 Å². The van der Waals surface area contributed by atoms with E-state index in [-0.39, 0.29) is 11.2 Å². The molecule has 0 aromatic heterocycles. The third kappa shape index (κ3) is 5.43. The lowest BCUT2D eigenvalue weighted by Crippen LogP contribution is -2.50. The van der Waals surface area contributed by atoms with Crippen LogP contribution in [0.5, 0.6) is 0 Å². The molecule has 0 aliphatic carbocycles. The summed E-state index contributed by atoms with van der Waals surface area (Å²) in [6.45, 7) is 6.39. The van der Waals surface area contributed by atoms with Gasteiger partial charge in [0.2, 0.25) is 5.91 Å². The molecule has 0 saturated carbocycles. The molecule has 0 spiro atoms. The van der Waals surface area contributed by atoms with Gasteiger partial charge in [0.25, 0.3) is 0 Å². The van der Waals surface area contributed by atoms with Crippen LogP contribution in [0.1, 0.15) is 25.3 Å². The molecule has 8 heteroatoms. The molecular formula is C21H32N4O3S. The lowest BCUT2D eigenvalue weighted by atomic mass is 10.1. The van der Waals surface area contributed by atoms with Gasteiger partial charge < -0.3 is 25.5 Å². The number of carbonyl (C=O) groups excluding carboxylic acids is 1. The summed E-state index contributed by atoms with van der Waals surface area (Å²) in [6, 6.07) is 7.60. The van der Waals surface area contributed by atoms with Crippen molar-refractivity contribution in [3.05, 3.63) is 29.8 Å². The van der Waals surface area contributed by atoms with Gasteiger partial charge in [-0.1, -0.05) is 12.1 Å². The quantitative estimate of drug-likeness (QED) is 0.531. The van der Waals surface area contributed by atoms with Gasteiger partial charge in [-0.2, -0.15) is 0 Å². The molecule has 1 amide bonds. The Morgan fingerprint density at radius 1 is 1.34 bits per heavy atom. The highest BCUT2D eigenvalue weighted by Gasteiger charge is 2.45. The first-order valence-electron chi connectivity index (χ1n) is 10.4.